The van der Waals surface area contributed by atoms with E-state index in [-0.39, 0.29) is 6.04 Å². The summed E-state index contributed by atoms with van der Waals surface area (Å²) >= 11 is 0. The summed E-state index contributed by atoms with van der Waals surface area (Å²) in [5.41, 5.74) is 1.46. The summed E-state index contributed by atoms with van der Waals surface area (Å²) < 4.78 is 10.7. The van der Waals surface area contributed by atoms with Crippen molar-refractivity contribution in [2.45, 2.75) is 44.2 Å². The monoisotopic (exact) mass is 464 g/mol. The predicted molar refractivity (Wildman–Crippen MR) is 119 cm³/mol. The molecule has 2 fully saturated rings. The average Bonchev–Trinajstić information content (AvgIpc) is 3.64. The van der Waals surface area contributed by atoms with Crippen LogP contribution < -0.4 is 4.74 Å². The van der Waals surface area contributed by atoms with E-state index in [1.54, 1.807) is 31.4 Å². The quantitative estimate of drug-likeness (QED) is 0.480. The minimum Gasteiger partial charge on any atom is -0.497 e. The van der Waals surface area contributed by atoms with Crippen molar-refractivity contribution in [2.75, 3.05) is 13.7 Å². The van der Waals surface area contributed by atoms with E-state index in [0.29, 0.717) is 36.5 Å². The molecule has 1 aromatic heterocycles. The Hall–Kier alpha value is -3.95. The van der Waals surface area contributed by atoms with Gasteiger partial charge in [0.2, 0.25) is 0 Å². The first-order chi connectivity index (χ1) is 16.5. The lowest BCUT2D eigenvalue weighted by Gasteiger charge is -2.23. The van der Waals surface area contributed by atoms with Crippen LogP contribution in [0, 0.1) is 0 Å². The Balaban J connectivity index is 1.38. The second kappa shape index (κ2) is 8.77. The fraction of sp³-hybridized carbons (Fsp3) is 0.375. The number of amides is 5. The normalized spacial score (nSPS) is 21.1. The maximum Gasteiger partial charge on any atom is 0.334 e. The molecule has 1 aliphatic carbocycles. The number of urea groups is 1. The van der Waals surface area contributed by atoms with E-state index in [4.69, 9.17) is 9.15 Å². The fourth-order valence-corrected chi connectivity index (χ4v) is 4.75. The van der Waals surface area contributed by atoms with Crippen molar-refractivity contribution < 1.29 is 28.3 Å². The zero-order chi connectivity index (χ0) is 23.8. The van der Waals surface area contributed by atoms with Crippen LogP contribution >= 0.6 is 0 Å². The van der Waals surface area contributed by atoms with E-state index < -0.39 is 36.3 Å². The number of rotatable bonds is 6. The second-order valence-corrected chi connectivity index (χ2v) is 8.54. The van der Waals surface area contributed by atoms with Crippen LogP contribution in [0.2, 0.25) is 0 Å². The standard InChI is InChI=1S/C24H24N4O6/c1-33-17-10-8-15(9-11-17)18-13-19(20-7-4-12-34-20)28(25-18)21(29)14-26-22(30)23(31)27(24(26)32)16-5-2-3-6-16/h4,7-12,16,19H,2-3,5-6,13-14H2,1H3. The highest BCUT2D eigenvalue weighted by molar-refractivity contribution is 6.45. The molecule has 176 valence electrons. The van der Waals surface area contributed by atoms with Crippen LogP contribution in [0.3, 0.4) is 0 Å². The predicted octanol–water partition coefficient (Wildman–Crippen LogP) is 2.70. The van der Waals surface area contributed by atoms with Crippen molar-refractivity contribution in [3.05, 3.63) is 54.0 Å². The van der Waals surface area contributed by atoms with Gasteiger partial charge in [-0.3, -0.25) is 19.3 Å². The number of hydrogen-bond donors (Lipinski definition) is 0. The van der Waals surface area contributed by atoms with Crippen molar-refractivity contribution >= 4 is 29.5 Å². The first-order valence-electron chi connectivity index (χ1n) is 11.2. The number of carbonyl (C=O) groups is 4. The number of imide groups is 2. The lowest BCUT2D eigenvalue weighted by molar-refractivity contribution is -0.145. The zero-order valence-electron chi connectivity index (χ0n) is 18.7. The number of hydrazone groups is 1. The fourth-order valence-electron chi connectivity index (χ4n) is 4.75. The molecule has 1 aromatic carbocycles. The zero-order valence-corrected chi connectivity index (χ0v) is 18.7. The number of benzene rings is 1. The van der Waals surface area contributed by atoms with Gasteiger partial charge in [-0.05, 0) is 54.8 Å². The molecule has 3 aliphatic rings. The van der Waals surface area contributed by atoms with Crippen molar-refractivity contribution in [2.24, 2.45) is 5.10 Å². The summed E-state index contributed by atoms with van der Waals surface area (Å²) in [6, 6.07) is 9.20. The van der Waals surface area contributed by atoms with Crippen LogP contribution in [0.1, 0.15) is 49.5 Å². The molecule has 0 bridgehead atoms. The van der Waals surface area contributed by atoms with E-state index in [1.165, 1.54) is 11.3 Å². The molecule has 0 radical (unpaired) electrons. The van der Waals surface area contributed by atoms with E-state index in [9.17, 15) is 19.2 Å². The number of furan rings is 1. The minimum absolute atomic E-state index is 0.286. The number of hydrogen-bond acceptors (Lipinski definition) is 7. The van der Waals surface area contributed by atoms with Crippen LogP contribution in [-0.2, 0) is 14.4 Å². The van der Waals surface area contributed by atoms with E-state index in [2.05, 4.69) is 5.10 Å². The van der Waals surface area contributed by atoms with Gasteiger partial charge in [-0.2, -0.15) is 5.10 Å². The Morgan fingerprint density at radius 2 is 1.82 bits per heavy atom. The van der Waals surface area contributed by atoms with Gasteiger partial charge >= 0.3 is 17.8 Å². The van der Waals surface area contributed by atoms with Crippen LogP contribution in [-0.4, -0.2) is 64.0 Å². The molecule has 2 aromatic rings. The molecule has 10 nitrogen and oxygen atoms in total. The van der Waals surface area contributed by atoms with Crippen LogP contribution in [0.25, 0.3) is 0 Å². The highest BCUT2D eigenvalue weighted by Crippen LogP contribution is 2.34. The molecule has 1 atom stereocenters. The van der Waals surface area contributed by atoms with Gasteiger partial charge < -0.3 is 9.15 Å². The number of methoxy groups -OCH3 is 1. The molecule has 3 heterocycles. The molecule has 1 saturated heterocycles. The Kier molecular flexibility index (Phi) is 5.64. The molecule has 5 rings (SSSR count). The summed E-state index contributed by atoms with van der Waals surface area (Å²) in [6.45, 7) is -0.566. The third kappa shape index (κ3) is 3.74. The van der Waals surface area contributed by atoms with Gasteiger partial charge in [-0.1, -0.05) is 12.8 Å². The summed E-state index contributed by atoms with van der Waals surface area (Å²) in [5.74, 6) is -1.19. The number of ether oxygens (including phenoxy) is 1. The molecular formula is C24H24N4O6. The van der Waals surface area contributed by atoms with Gasteiger partial charge in [-0.25, -0.2) is 14.7 Å². The first kappa shape index (κ1) is 21.9. The third-order valence-electron chi connectivity index (χ3n) is 6.53. The Morgan fingerprint density at radius 1 is 1.09 bits per heavy atom. The largest absolute Gasteiger partial charge is 0.497 e. The Bertz CT molecular complexity index is 1150. The van der Waals surface area contributed by atoms with E-state index >= 15 is 0 Å². The van der Waals surface area contributed by atoms with Crippen molar-refractivity contribution in [3.8, 4) is 5.75 Å². The second-order valence-electron chi connectivity index (χ2n) is 8.54. The minimum atomic E-state index is -0.974. The van der Waals surface area contributed by atoms with Crippen molar-refractivity contribution in [3.63, 3.8) is 0 Å². The molecular weight excluding hydrogens is 440 g/mol. The van der Waals surface area contributed by atoms with Gasteiger partial charge in [0.15, 0.2) is 0 Å². The summed E-state index contributed by atoms with van der Waals surface area (Å²) in [5, 5.41) is 5.75. The van der Waals surface area contributed by atoms with Gasteiger partial charge in [0.25, 0.3) is 5.91 Å². The first-order valence-corrected chi connectivity index (χ1v) is 11.2. The lowest BCUT2D eigenvalue weighted by atomic mass is 10.0. The summed E-state index contributed by atoms with van der Waals surface area (Å²) in [4.78, 5) is 53.0. The van der Waals surface area contributed by atoms with Crippen LogP contribution in [0.15, 0.2) is 52.2 Å². The molecule has 5 amide bonds. The van der Waals surface area contributed by atoms with E-state index in [0.717, 1.165) is 28.2 Å². The van der Waals surface area contributed by atoms with Crippen molar-refractivity contribution in [1.82, 2.24) is 14.8 Å². The molecule has 0 N–H and O–H groups in total. The highest BCUT2D eigenvalue weighted by atomic mass is 16.5. The Morgan fingerprint density at radius 3 is 2.47 bits per heavy atom. The average molecular weight is 464 g/mol. The van der Waals surface area contributed by atoms with Gasteiger partial charge in [0, 0.05) is 12.5 Å². The Labute approximate surface area is 195 Å². The molecule has 0 spiro atoms. The van der Waals surface area contributed by atoms with E-state index in [1.807, 2.05) is 12.1 Å². The van der Waals surface area contributed by atoms with Gasteiger partial charge in [0.1, 0.15) is 24.1 Å². The smallest absolute Gasteiger partial charge is 0.334 e. The topological polar surface area (TPSA) is 113 Å². The summed E-state index contributed by atoms with van der Waals surface area (Å²) in [6.07, 6.45) is 5.05. The maximum atomic E-state index is 13.3. The lowest BCUT2D eigenvalue weighted by Crippen LogP contribution is -2.43. The van der Waals surface area contributed by atoms with Crippen LogP contribution in [0.5, 0.6) is 5.75 Å². The third-order valence-corrected chi connectivity index (χ3v) is 6.53. The number of nitrogens with zero attached hydrogens (tertiary/aromatic N) is 4. The molecule has 34 heavy (non-hydrogen) atoms. The molecule has 1 unspecified atom stereocenters. The molecule has 10 heteroatoms. The SMILES string of the molecule is COc1ccc(C2=NN(C(=O)CN3C(=O)C(=O)N(C4CCCC4)C3=O)C(c3ccco3)C2)cc1. The van der Waals surface area contributed by atoms with Crippen molar-refractivity contribution in [1.29, 1.82) is 0 Å². The molecule has 1 saturated carbocycles. The van der Waals surface area contributed by atoms with Gasteiger partial charge in [0.05, 0.1) is 19.1 Å². The molecule has 2 aliphatic heterocycles. The maximum absolute atomic E-state index is 13.3. The van der Waals surface area contributed by atoms with Gasteiger partial charge in [-0.15, -0.1) is 0 Å². The number of carbonyl (C=O) groups excluding carboxylic acids is 4. The summed E-state index contributed by atoms with van der Waals surface area (Å²) in [7, 11) is 1.58. The van der Waals surface area contributed by atoms with Crippen LogP contribution in [0.4, 0.5) is 4.79 Å². The highest BCUT2D eigenvalue weighted by Gasteiger charge is 2.49.